The number of nitrogens with one attached hydrogen (secondary N) is 1. The molecule has 0 atom stereocenters. The zero-order chi connectivity index (χ0) is 18.8. The van der Waals surface area contributed by atoms with Crippen molar-refractivity contribution >= 4 is 20.0 Å². The largest absolute Gasteiger partial charge is 0.243 e. The van der Waals surface area contributed by atoms with E-state index in [0.717, 1.165) is 24.0 Å². The maximum absolute atomic E-state index is 12.5. The normalized spacial score (nSPS) is 16.0. The molecule has 3 rings (SSSR count). The minimum absolute atomic E-state index is 0.0468. The lowest BCUT2D eigenvalue weighted by Crippen LogP contribution is -2.28. The summed E-state index contributed by atoms with van der Waals surface area (Å²) in [6, 6.07) is 13.0. The van der Waals surface area contributed by atoms with E-state index in [1.807, 2.05) is 31.2 Å². The van der Waals surface area contributed by atoms with Gasteiger partial charge in [0.05, 0.1) is 9.79 Å². The molecule has 1 fully saturated rings. The molecule has 1 aliphatic heterocycles. The van der Waals surface area contributed by atoms with Gasteiger partial charge in [-0.25, -0.2) is 21.6 Å². The molecule has 6 nitrogen and oxygen atoms in total. The Bertz CT molecular complexity index is 978. The topological polar surface area (TPSA) is 83.5 Å². The maximum Gasteiger partial charge on any atom is 0.243 e. The average molecular weight is 395 g/mol. The van der Waals surface area contributed by atoms with E-state index in [9.17, 15) is 16.8 Å². The van der Waals surface area contributed by atoms with Crippen molar-refractivity contribution in [2.45, 2.75) is 36.1 Å². The van der Waals surface area contributed by atoms with Crippen LogP contribution in [0.4, 0.5) is 0 Å². The zero-order valence-corrected chi connectivity index (χ0v) is 16.2. The number of hydrogen-bond donors (Lipinski definition) is 1. The van der Waals surface area contributed by atoms with Gasteiger partial charge < -0.3 is 0 Å². The molecular formula is C18H22N2O4S2. The van der Waals surface area contributed by atoms with E-state index in [4.69, 9.17) is 0 Å². The van der Waals surface area contributed by atoms with Crippen LogP contribution in [0.15, 0.2) is 58.3 Å². The molecule has 1 heterocycles. The predicted molar refractivity (Wildman–Crippen MR) is 99.6 cm³/mol. The number of benzene rings is 2. The first kappa shape index (κ1) is 19.0. The van der Waals surface area contributed by atoms with E-state index in [1.165, 1.54) is 28.6 Å². The van der Waals surface area contributed by atoms with Gasteiger partial charge in [0.25, 0.3) is 0 Å². The van der Waals surface area contributed by atoms with Crippen molar-refractivity contribution in [1.82, 2.24) is 9.03 Å². The molecule has 0 aliphatic carbocycles. The summed E-state index contributed by atoms with van der Waals surface area (Å²) in [6.07, 6.45) is 1.71. The Morgan fingerprint density at radius 2 is 1.54 bits per heavy atom. The summed E-state index contributed by atoms with van der Waals surface area (Å²) in [5.41, 5.74) is 1.92. The summed E-state index contributed by atoms with van der Waals surface area (Å²) < 4.78 is 53.9. The fourth-order valence-corrected chi connectivity index (χ4v) is 5.49. The fourth-order valence-electron chi connectivity index (χ4n) is 2.95. The van der Waals surface area contributed by atoms with Crippen molar-refractivity contribution in [3.8, 4) is 0 Å². The van der Waals surface area contributed by atoms with Gasteiger partial charge in [-0.15, -0.1) is 0 Å². The monoisotopic (exact) mass is 394 g/mol. The van der Waals surface area contributed by atoms with Gasteiger partial charge in [0.2, 0.25) is 20.0 Å². The standard InChI is InChI=1S/C18H22N2O4S2/c1-15-5-4-6-16(13-15)14-19-25(21,22)17-7-9-18(10-8-17)26(23,24)20-11-2-3-12-20/h4-10,13,19H,2-3,11-12,14H2,1H3. The molecule has 2 aromatic carbocycles. The third-order valence-electron chi connectivity index (χ3n) is 4.39. The SMILES string of the molecule is Cc1cccc(CNS(=O)(=O)c2ccc(S(=O)(=O)N3CCCC3)cc2)c1. The van der Waals surface area contributed by atoms with Gasteiger partial charge in [-0.2, -0.15) is 4.31 Å². The Morgan fingerprint density at radius 3 is 2.15 bits per heavy atom. The van der Waals surface area contributed by atoms with E-state index in [2.05, 4.69) is 4.72 Å². The lowest BCUT2D eigenvalue weighted by Gasteiger charge is -2.15. The molecule has 1 saturated heterocycles. The van der Waals surface area contributed by atoms with E-state index in [0.29, 0.717) is 13.1 Å². The van der Waals surface area contributed by atoms with Crippen LogP contribution in [0, 0.1) is 6.92 Å². The van der Waals surface area contributed by atoms with E-state index in [1.54, 1.807) is 0 Å². The van der Waals surface area contributed by atoms with Crippen molar-refractivity contribution < 1.29 is 16.8 Å². The van der Waals surface area contributed by atoms with Gasteiger partial charge in [-0.05, 0) is 49.6 Å². The number of hydrogen-bond acceptors (Lipinski definition) is 4. The van der Waals surface area contributed by atoms with Crippen molar-refractivity contribution in [2.24, 2.45) is 0 Å². The van der Waals surface area contributed by atoms with Gasteiger partial charge in [0.1, 0.15) is 0 Å². The van der Waals surface area contributed by atoms with Gasteiger partial charge in [0, 0.05) is 19.6 Å². The maximum atomic E-state index is 12.5. The lowest BCUT2D eigenvalue weighted by atomic mass is 10.1. The first-order valence-corrected chi connectivity index (χ1v) is 11.4. The number of rotatable bonds is 6. The van der Waals surface area contributed by atoms with Crippen LogP contribution in [-0.2, 0) is 26.6 Å². The van der Waals surface area contributed by atoms with Gasteiger partial charge in [-0.3, -0.25) is 0 Å². The average Bonchev–Trinajstić information content (AvgIpc) is 3.16. The minimum atomic E-state index is -3.71. The molecule has 0 amide bonds. The molecule has 2 aromatic rings. The van der Waals surface area contributed by atoms with Crippen LogP contribution in [0.5, 0.6) is 0 Å². The highest BCUT2D eigenvalue weighted by Gasteiger charge is 2.27. The summed E-state index contributed by atoms with van der Waals surface area (Å²) in [4.78, 5) is 0.169. The Balaban J connectivity index is 1.74. The lowest BCUT2D eigenvalue weighted by molar-refractivity contribution is 0.477. The Kier molecular flexibility index (Phi) is 5.47. The first-order valence-electron chi connectivity index (χ1n) is 8.44. The Hall–Kier alpha value is -1.74. The number of nitrogens with zero attached hydrogens (tertiary/aromatic N) is 1. The highest BCUT2D eigenvalue weighted by Crippen LogP contribution is 2.22. The van der Waals surface area contributed by atoms with Crippen LogP contribution in [0.2, 0.25) is 0 Å². The number of sulfonamides is 2. The second-order valence-corrected chi connectivity index (χ2v) is 10.1. The molecule has 0 radical (unpaired) electrons. The molecule has 0 bridgehead atoms. The molecular weight excluding hydrogens is 372 g/mol. The smallest absolute Gasteiger partial charge is 0.207 e. The van der Waals surface area contributed by atoms with Crippen LogP contribution in [-0.4, -0.2) is 34.2 Å². The molecule has 140 valence electrons. The van der Waals surface area contributed by atoms with Crippen molar-refractivity contribution in [1.29, 1.82) is 0 Å². The Morgan fingerprint density at radius 1 is 0.923 bits per heavy atom. The molecule has 0 aromatic heterocycles. The molecule has 1 N–H and O–H groups in total. The molecule has 0 spiro atoms. The summed E-state index contributed by atoms with van der Waals surface area (Å²) in [5, 5.41) is 0. The van der Waals surface area contributed by atoms with Crippen molar-refractivity contribution in [2.75, 3.05) is 13.1 Å². The third kappa shape index (κ3) is 4.15. The molecule has 0 saturated carbocycles. The second kappa shape index (κ2) is 7.48. The molecule has 8 heteroatoms. The predicted octanol–water partition coefficient (Wildman–Crippen LogP) is 2.26. The van der Waals surface area contributed by atoms with E-state index < -0.39 is 20.0 Å². The fraction of sp³-hybridized carbons (Fsp3) is 0.333. The summed E-state index contributed by atoms with van der Waals surface area (Å²) in [7, 11) is -7.25. The minimum Gasteiger partial charge on any atom is -0.207 e. The highest BCUT2D eigenvalue weighted by molar-refractivity contribution is 7.89. The molecule has 1 aliphatic rings. The number of aryl methyl sites for hydroxylation is 1. The van der Waals surface area contributed by atoms with Gasteiger partial charge in [0.15, 0.2) is 0 Å². The van der Waals surface area contributed by atoms with Crippen LogP contribution in [0.25, 0.3) is 0 Å². The van der Waals surface area contributed by atoms with Crippen molar-refractivity contribution in [3.05, 3.63) is 59.7 Å². The van der Waals surface area contributed by atoms with Crippen LogP contribution in [0.3, 0.4) is 0 Å². The van der Waals surface area contributed by atoms with Crippen LogP contribution < -0.4 is 4.72 Å². The van der Waals surface area contributed by atoms with E-state index in [-0.39, 0.29) is 16.3 Å². The van der Waals surface area contributed by atoms with Crippen molar-refractivity contribution in [3.63, 3.8) is 0 Å². The third-order valence-corrected chi connectivity index (χ3v) is 7.72. The van der Waals surface area contributed by atoms with Crippen LogP contribution in [0.1, 0.15) is 24.0 Å². The summed E-state index contributed by atoms with van der Waals surface area (Å²) in [6.45, 7) is 3.15. The summed E-state index contributed by atoms with van der Waals surface area (Å²) >= 11 is 0. The van der Waals surface area contributed by atoms with Gasteiger partial charge in [-0.1, -0.05) is 29.8 Å². The van der Waals surface area contributed by atoms with Gasteiger partial charge >= 0.3 is 0 Å². The highest BCUT2D eigenvalue weighted by atomic mass is 32.2. The van der Waals surface area contributed by atoms with E-state index >= 15 is 0 Å². The Labute approximate surface area is 155 Å². The quantitative estimate of drug-likeness (QED) is 0.815. The first-order chi connectivity index (χ1) is 12.3. The zero-order valence-electron chi connectivity index (χ0n) is 14.6. The van der Waals surface area contributed by atoms with Crippen LogP contribution >= 0.6 is 0 Å². The second-order valence-electron chi connectivity index (χ2n) is 6.40. The summed E-state index contributed by atoms with van der Waals surface area (Å²) in [5.74, 6) is 0. The molecule has 26 heavy (non-hydrogen) atoms. The molecule has 0 unspecified atom stereocenters.